The monoisotopic (exact) mass is 192 g/mol. The van der Waals surface area contributed by atoms with E-state index in [1.807, 2.05) is 19.9 Å². The van der Waals surface area contributed by atoms with Crippen molar-refractivity contribution in [3.05, 3.63) is 29.9 Å². The molecule has 3 nitrogen and oxygen atoms in total. The first kappa shape index (κ1) is 10.7. The molecule has 0 saturated heterocycles. The van der Waals surface area contributed by atoms with Gasteiger partial charge in [-0.1, -0.05) is 13.3 Å². The number of unbranched alkanes of at least 4 members (excludes halogenated alkanes) is 1. The van der Waals surface area contributed by atoms with Crippen molar-refractivity contribution in [2.75, 3.05) is 0 Å². The molecular formula is C11H16N2O. The van der Waals surface area contributed by atoms with Crippen LogP contribution in [-0.2, 0) is 0 Å². The first-order chi connectivity index (χ1) is 6.72. The van der Waals surface area contributed by atoms with E-state index in [1.54, 1.807) is 0 Å². The van der Waals surface area contributed by atoms with Gasteiger partial charge in [-0.15, -0.1) is 0 Å². The van der Waals surface area contributed by atoms with E-state index in [1.165, 1.54) is 6.33 Å². The molecule has 0 atom stereocenters. The number of hydrogen-bond donors (Lipinski definition) is 0. The topological polar surface area (TPSA) is 35.0 Å². The Hall–Kier alpha value is -1.38. The molecular weight excluding hydrogens is 176 g/mol. The average molecular weight is 192 g/mol. The summed E-state index contributed by atoms with van der Waals surface area (Å²) >= 11 is 0. The standard InChI is InChI=1S/C11H16N2O/c1-4-5-6-10(3)14-11-7-9(2)12-8-13-11/h6-8H,4-5H2,1-3H3/b10-6+. The van der Waals surface area contributed by atoms with Gasteiger partial charge in [0, 0.05) is 11.8 Å². The number of hydrogen-bond acceptors (Lipinski definition) is 3. The summed E-state index contributed by atoms with van der Waals surface area (Å²) in [5.74, 6) is 1.51. The van der Waals surface area contributed by atoms with E-state index in [9.17, 15) is 0 Å². The van der Waals surface area contributed by atoms with E-state index in [4.69, 9.17) is 4.74 Å². The molecule has 1 rings (SSSR count). The SMILES string of the molecule is CCC/C=C(\C)Oc1cc(C)ncn1. The summed E-state index contributed by atoms with van der Waals surface area (Å²) in [7, 11) is 0. The maximum absolute atomic E-state index is 5.51. The lowest BCUT2D eigenvalue weighted by Gasteiger charge is -2.04. The molecule has 76 valence electrons. The number of rotatable bonds is 4. The van der Waals surface area contributed by atoms with Crippen LogP contribution in [0.3, 0.4) is 0 Å². The normalized spacial score (nSPS) is 11.5. The summed E-state index contributed by atoms with van der Waals surface area (Å²) in [5.41, 5.74) is 0.915. The first-order valence-corrected chi connectivity index (χ1v) is 4.85. The zero-order chi connectivity index (χ0) is 10.4. The van der Waals surface area contributed by atoms with Crippen molar-refractivity contribution in [1.29, 1.82) is 0 Å². The number of aryl methyl sites for hydroxylation is 1. The van der Waals surface area contributed by atoms with E-state index in [0.717, 1.165) is 24.3 Å². The highest BCUT2D eigenvalue weighted by atomic mass is 16.5. The molecule has 1 aromatic heterocycles. The lowest BCUT2D eigenvalue weighted by atomic mass is 10.3. The fraction of sp³-hybridized carbons (Fsp3) is 0.455. The van der Waals surface area contributed by atoms with E-state index in [0.29, 0.717) is 5.88 Å². The Kier molecular flexibility index (Phi) is 4.11. The number of ether oxygens (including phenoxy) is 1. The quantitative estimate of drug-likeness (QED) is 0.688. The van der Waals surface area contributed by atoms with Gasteiger partial charge in [0.2, 0.25) is 5.88 Å². The number of aromatic nitrogens is 2. The van der Waals surface area contributed by atoms with Gasteiger partial charge in [-0.2, -0.15) is 0 Å². The van der Waals surface area contributed by atoms with E-state index >= 15 is 0 Å². The summed E-state index contributed by atoms with van der Waals surface area (Å²) in [6.45, 7) is 5.99. The third-order valence-corrected chi connectivity index (χ3v) is 1.76. The Bertz CT molecular complexity index is 321. The van der Waals surface area contributed by atoms with Crippen molar-refractivity contribution in [3.8, 4) is 5.88 Å². The van der Waals surface area contributed by atoms with Crippen molar-refractivity contribution in [2.24, 2.45) is 0 Å². The predicted molar refractivity (Wildman–Crippen MR) is 56.1 cm³/mol. The van der Waals surface area contributed by atoms with Crippen LogP contribution in [0.5, 0.6) is 5.88 Å². The second-order valence-corrected chi connectivity index (χ2v) is 3.20. The minimum atomic E-state index is 0.613. The Morgan fingerprint density at radius 2 is 2.29 bits per heavy atom. The van der Waals surface area contributed by atoms with Crippen molar-refractivity contribution in [2.45, 2.75) is 33.6 Å². The van der Waals surface area contributed by atoms with Crippen LogP contribution in [0.1, 0.15) is 32.4 Å². The van der Waals surface area contributed by atoms with E-state index in [2.05, 4.69) is 23.0 Å². The first-order valence-electron chi connectivity index (χ1n) is 4.85. The predicted octanol–water partition coefficient (Wildman–Crippen LogP) is 2.87. The van der Waals surface area contributed by atoms with Crippen LogP contribution >= 0.6 is 0 Å². The summed E-state index contributed by atoms with van der Waals surface area (Å²) in [6, 6.07) is 1.82. The Balaban J connectivity index is 2.60. The maximum Gasteiger partial charge on any atom is 0.221 e. The van der Waals surface area contributed by atoms with Crippen LogP contribution in [0.4, 0.5) is 0 Å². The summed E-state index contributed by atoms with van der Waals surface area (Å²) < 4.78 is 5.51. The van der Waals surface area contributed by atoms with Gasteiger partial charge in [-0.25, -0.2) is 9.97 Å². The molecule has 0 aliphatic rings. The third-order valence-electron chi connectivity index (χ3n) is 1.76. The van der Waals surface area contributed by atoms with Gasteiger partial charge < -0.3 is 4.74 Å². The average Bonchev–Trinajstić information content (AvgIpc) is 2.15. The second kappa shape index (κ2) is 5.37. The van der Waals surface area contributed by atoms with Crippen molar-refractivity contribution >= 4 is 0 Å². The molecule has 0 radical (unpaired) electrons. The Morgan fingerprint density at radius 1 is 1.50 bits per heavy atom. The molecule has 1 aromatic rings. The molecule has 0 N–H and O–H groups in total. The third kappa shape index (κ3) is 3.56. The minimum Gasteiger partial charge on any atom is -0.444 e. The van der Waals surface area contributed by atoms with Crippen LogP contribution in [0.25, 0.3) is 0 Å². The van der Waals surface area contributed by atoms with Crippen molar-refractivity contribution in [1.82, 2.24) is 9.97 Å². The zero-order valence-corrected chi connectivity index (χ0v) is 8.95. The second-order valence-electron chi connectivity index (χ2n) is 3.20. The maximum atomic E-state index is 5.51. The van der Waals surface area contributed by atoms with Crippen molar-refractivity contribution in [3.63, 3.8) is 0 Å². The van der Waals surface area contributed by atoms with E-state index in [-0.39, 0.29) is 0 Å². The minimum absolute atomic E-state index is 0.613. The van der Waals surface area contributed by atoms with Crippen molar-refractivity contribution < 1.29 is 4.74 Å². The lowest BCUT2D eigenvalue weighted by molar-refractivity contribution is 0.406. The van der Waals surface area contributed by atoms with Crippen LogP contribution in [0.15, 0.2) is 24.2 Å². The van der Waals surface area contributed by atoms with Crippen LogP contribution in [-0.4, -0.2) is 9.97 Å². The fourth-order valence-corrected chi connectivity index (χ4v) is 1.04. The highest BCUT2D eigenvalue weighted by molar-refractivity contribution is 5.14. The molecule has 0 aromatic carbocycles. The zero-order valence-electron chi connectivity index (χ0n) is 8.95. The summed E-state index contributed by atoms with van der Waals surface area (Å²) in [4.78, 5) is 8.01. The lowest BCUT2D eigenvalue weighted by Crippen LogP contribution is -1.94. The van der Waals surface area contributed by atoms with Gasteiger partial charge in [-0.05, 0) is 26.3 Å². The Labute approximate surface area is 84.8 Å². The van der Waals surface area contributed by atoms with Gasteiger partial charge in [0.15, 0.2) is 0 Å². The molecule has 0 aliphatic carbocycles. The smallest absolute Gasteiger partial charge is 0.221 e. The molecule has 3 heteroatoms. The van der Waals surface area contributed by atoms with Gasteiger partial charge in [0.1, 0.15) is 6.33 Å². The number of nitrogens with zero attached hydrogens (tertiary/aromatic N) is 2. The molecule has 0 saturated carbocycles. The molecule has 14 heavy (non-hydrogen) atoms. The molecule has 0 unspecified atom stereocenters. The van der Waals surface area contributed by atoms with Crippen LogP contribution in [0.2, 0.25) is 0 Å². The largest absolute Gasteiger partial charge is 0.444 e. The molecule has 1 heterocycles. The van der Waals surface area contributed by atoms with Crippen LogP contribution < -0.4 is 4.74 Å². The van der Waals surface area contributed by atoms with Gasteiger partial charge in [0.05, 0.1) is 5.76 Å². The molecule has 0 fully saturated rings. The molecule has 0 aliphatic heterocycles. The fourth-order valence-electron chi connectivity index (χ4n) is 1.04. The highest BCUT2D eigenvalue weighted by Gasteiger charge is 1.96. The molecule has 0 spiro atoms. The number of allylic oxidation sites excluding steroid dienone is 2. The summed E-state index contributed by atoms with van der Waals surface area (Å²) in [6.07, 6.45) is 5.74. The van der Waals surface area contributed by atoms with Crippen LogP contribution in [0, 0.1) is 6.92 Å². The molecule has 0 amide bonds. The van der Waals surface area contributed by atoms with Gasteiger partial charge >= 0.3 is 0 Å². The highest BCUT2D eigenvalue weighted by Crippen LogP contribution is 2.10. The van der Waals surface area contributed by atoms with Gasteiger partial charge in [0.25, 0.3) is 0 Å². The summed E-state index contributed by atoms with van der Waals surface area (Å²) in [5, 5.41) is 0. The van der Waals surface area contributed by atoms with E-state index < -0.39 is 0 Å². The molecule has 0 bridgehead atoms. The van der Waals surface area contributed by atoms with Gasteiger partial charge in [-0.3, -0.25) is 0 Å². The Morgan fingerprint density at radius 3 is 2.93 bits per heavy atom.